The average Bonchev–Trinajstić information content (AvgIpc) is 3.12. The number of benzene rings is 2. The van der Waals surface area contributed by atoms with Gasteiger partial charge in [-0.3, -0.25) is 0 Å². The van der Waals surface area contributed by atoms with E-state index in [4.69, 9.17) is 16.1 Å². The molecule has 0 spiro atoms. The molecule has 2 aromatic carbocycles. The van der Waals surface area contributed by atoms with E-state index in [2.05, 4.69) is 60.5 Å². The zero-order valence-corrected chi connectivity index (χ0v) is 16.1. The maximum Gasteiger partial charge on any atom is 0.240 e. The van der Waals surface area contributed by atoms with Crippen LogP contribution in [0, 0.1) is 5.92 Å². The van der Waals surface area contributed by atoms with Gasteiger partial charge in [0.15, 0.2) is 0 Å². The monoisotopic (exact) mass is 369 g/mol. The highest BCUT2D eigenvalue weighted by Crippen LogP contribution is 2.24. The van der Waals surface area contributed by atoms with Gasteiger partial charge < -0.3 is 9.84 Å². The van der Waals surface area contributed by atoms with Crippen molar-refractivity contribution in [2.45, 2.75) is 39.8 Å². The number of rotatable bonds is 7. The summed E-state index contributed by atoms with van der Waals surface area (Å²) in [4.78, 5) is 4.51. The minimum absolute atomic E-state index is 0.187. The molecule has 1 aromatic heterocycles. The molecule has 0 saturated heterocycles. The van der Waals surface area contributed by atoms with Crippen LogP contribution >= 0.6 is 11.6 Å². The molecule has 0 fully saturated rings. The van der Waals surface area contributed by atoms with Crippen LogP contribution in [-0.4, -0.2) is 10.1 Å². The minimum Gasteiger partial charge on any atom is -0.338 e. The fourth-order valence-corrected chi connectivity index (χ4v) is 3.07. The molecule has 26 heavy (non-hydrogen) atoms. The Kier molecular flexibility index (Phi) is 6.07. The van der Waals surface area contributed by atoms with Gasteiger partial charge in [0.05, 0.1) is 6.54 Å². The number of hydrogen-bond donors (Lipinski definition) is 1. The normalized spacial score (nSPS) is 12.5. The Bertz CT molecular complexity index is 825. The van der Waals surface area contributed by atoms with Gasteiger partial charge in [0.2, 0.25) is 11.7 Å². The number of nitrogens with one attached hydrogen (secondary N) is 1. The Morgan fingerprint density at radius 1 is 1.04 bits per heavy atom. The molecule has 4 nitrogen and oxygen atoms in total. The van der Waals surface area contributed by atoms with E-state index in [-0.39, 0.29) is 6.04 Å². The van der Waals surface area contributed by atoms with Gasteiger partial charge in [-0.15, -0.1) is 0 Å². The lowest BCUT2D eigenvalue weighted by molar-refractivity contribution is 0.338. The van der Waals surface area contributed by atoms with Crippen LogP contribution in [0.25, 0.3) is 11.4 Å². The minimum atomic E-state index is 0.187. The van der Waals surface area contributed by atoms with Crippen molar-refractivity contribution in [3.63, 3.8) is 0 Å². The Morgan fingerprint density at radius 3 is 2.35 bits per heavy atom. The van der Waals surface area contributed by atoms with Crippen LogP contribution in [-0.2, 0) is 13.0 Å². The third-order valence-corrected chi connectivity index (χ3v) is 4.71. The van der Waals surface area contributed by atoms with E-state index in [0.717, 1.165) is 17.0 Å². The maximum absolute atomic E-state index is 6.00. The molecule has 0 saturated carbocycles. The second-order valence-corrected chi connectivity index (χ2v) is 7.15. The molecule has 0 bridgehead atoms. The topological polar surface area (TPSA) is 51.0 Å². The van der Waals surface area contributed by atoms with Crippen molar-refractivity contribution in [3.05, 3.63) is 70.6 Å². The molecule has 3 rings (SSSR count). The van der Waals surface area contributed by atoms with E-state index in [1.165, 1.54) is 11.1 Å². The van der Waals surface area contributed by atoms with E-state index < -0.39 is 0 Å². The molecule has 0 amide bonds. The quantitative estimate of drug-likeness (QED) is 0.602. The maximum atomic E-state index is 6.00. The zero-order chi connectivity index (χ0) is 18.5. The highest BCUT2D eigenvalue weighted by atomic mass is 35.5. The molecular formula is C21H24ClN3O. The first-order valence-electron chi connectivity index (χ1n) is 8.97. The summed E-state index contributed by atoms with van der Waals surface area (Å²) in [6, 6.07) is 16.4. The van der Waals surface area contributed by atoms with E-state index in [1.54, 1.807) is 0 Å². The third kappa shape index (κ3) is 4.51. The Balaban J connectivity index is 1.68. The summed E-state index contributed by atoms with van der Waals surface area (Å²) in [6.45, 7) is 7.02. The summed E-state index contributed by atoms with van der Waals surface area (Å²) in [5.41, 5.74) is 3.46. The van der Waals surface area contributed by atoms with Crippen molar-refractivity contribution in [1.29, 1.82) is 0 Å². The van der Waals surface area contributed by atoms with Crippen LogP contribution in [0.3, 0.4) is 0 Å². The van der Waals surface area contributed by atoms with Gasteiger partial charge in [0, 0.05) is 16.6 Å². The lowest BCUT2D eigenvalue weighted by Crippen LogP contribution is -2.25. The summed E-state index contributed by atoms with van der Waals surface area (Å²) in [7, 11) is 0. The molecule has 0 aliphatic rings. The SMILES string of the molecule is CCc1ccc(-c2noc(CNC(c3ccc(Cl)cc3)C(C)C)n2)cc1. The van der Waals surface area contributed by atoms with Gasteiger partial charge in [-0.05, 0) is 35.6 Å². The van der Waals surface area contributed by atoms with Crippen LogP contribution in [0.2, 0.25) is 5.02 Å². The van der Waals surface area contributed by atoms with Gasteiger partial charge in [0.1, 0.15) is 0 Å². The van der Waals surface area contributed by atoms with Crippen molar-refractivity contribution < 1.29 is 4.52 Å². The molecule has 0 radical (unpaired) electrons. The van der Waals surface area contributed by atoms with Crippen molar-refractivity contribution in [2.24, 2.45) is 5.92 Å². The van der Waals surface area contributed by atoms with Gasteiger partial charge in [-0.1, -0.05) is 73.9 Å². The van der Waals surface area contributed by atoms with Crippen molar-refractivity contribution in [2.75, 3.05) is 0 Å². The molecule has 1 N–H and O–H groups in total. The molecule has 3 aromatic rings. The molecule has 1 heterocycles. The molecule has 1 atom stereocenters. The Labute approximate surface area is 159 Å². The van der Waals surface area contributed by atoms with Crippen molar-refractivity contribution in [1.82, 2.24) is 15.5 Å². The smallest absolute Gasteiger partial charge is 0.240 e. The first-order chi connectivity index (χ1) is 12.6. The van der Waals surface area contributed by atoms with Gasteiger partial charge in [-0.25, -0.2) is 0 Å². The predicted molar refractivity (Wildman–Crippen MR) is 105 cm³/mol. The predicted octanol–water partition coefficient (Wildman–Crippen LogP) is 5.44. The second-order valence-electron chi connectivity index (χ2n) is 6.72. The highest BCUT2D eigenvalue weighted by molar-refractivity contribution is 6.30. The Morgan fingerprint density at radius 2 is 1.73 bits per heavy atom. The summed E-state index contributed by atoms with van der Waals surface area (Å²) >= 11 is 6.00. The molecular weight excluding hydrogens is 346 g/mol. The third-order valence-electron chi connectivity index (χ3n) is 4.46. The summed E-state index contributed by atoms with van der Waals surface area (Å²) in [5.74, 6) is 1.62. The fraction of sp³-hybridized carbons (Fsp3) is 0.333. The summed E-state index contributed by atoms with van der Waals surface area (Å²) in [5, 5.41) is 8.36. The van der Waals surface area contributed by atoms with E-state index in [9.17, 15) is 0 Å². The van der Waals surface area contributed by atoms with Crippen LogP contribution in [0.5, 0.6) is 0 Å². The van der Waals surface area contributed by atoms with E-state index in [0.29, 0.717) is 24.2 Å². The molecule has 1 unspecified atom stereocenters. The number of nitrogens with zero attached hydrogens (tertiary/aromatic N) is 2. The lowest BCUT2D eigenvalue weighted by atomic mass is 9.96. The standard InChI is InChI=1S/C21H24ClN3O/c1-4-15-5-7-17(8-6-15)21-24-19(26-25-21)13-23-20(14(2)3)16-9-11-18(22)12-10-16/h5-12,14,20,23H,4,13H2,1-3H3. The van der Waals surface area contributed by atoms with Crippen LogP contribution in [0.4, 0.5) is 0 Å². The zero-order valence-electron chi connectivity index (χ0n) is 15.4. The largest absolute Gasteiger partial charge is 0.338 e. The van der Waals surface area contributed by atoms with Gasteiger partial charge >= 0.3 is 0 Å². The van der Waals surface area contributed by atoms with E-state index in [1.807, 2.05) is 24.3 Å². The summed E-state index contributed by atoms with van der Waals surface area (Å²) in [6.07, 6.45) is 1.02. The molecule has 0 aliphatic carbocycles. The second kappa shape index (κ2) is 8.47. The molecule has 0 aliphatic heterocycles. The summed E-state index contributed by atoms with van der Waals surface area (Å²) < 4.78 is 5.42. The fourth-order valence-electron chi connectivity index (χ4n) is 2.94. The first-order valence-corrected chi connectivity index (χ1v) is 9.35. The lowest BCUT2D eigenvalue weighted by Gasteiger charge is -2.22. The van der Waals surface area contributed by atoms with E-state index >= 15 is 0 Å². The Hall–Kier alpha value is -2.17. The number of aryl methyl sites for hydroxylation is 1. The van der Waals surface area contributed by atoms with Crippen LogP contribution in [0.1, 0.15) is 43.8 Å². The van der Waals surface area contributed by atoms with Gasteiger partial charge in [0.25, 0.3) is 0 Å². The van der Waals surface area contributed by atoms with Crippen LogP contribution in [0.15, 0.2) is 53.1 Å². The number of halogens is 1. The first kappa shape index (κ1) is 18.6. The molecule has 136 valence electrons. The van der Waals surface area contributed by atoms with Gasteiger partial charge in [-0.2, -0.15) is 4.98 Å². The average molecular weight is 370 g/mol. The highest BCUT2D eigenvalue weighted by Gasteiger charge is 2.17. The van der Waals surface area contributed by atoms with Crippen molar-refractivity contribution >= 4 is 11.6 Å². The van der Waals surface area contributed by atoms with Crippen LogP contribution < -0.4 is 5.32 Å². The molecule has 5 heteroatoms. The van der Waals surface area contributed by atoms with Crippen molar-refractivity contribution in [3.8, 4) is 11.4 Å². The number of aromatic nitrogens is 2. The number of hydrogen-bond acceptors (Lipinski definition) is 4.